The van der Waals surface area contributed by atoms with Crippen LogP contribution in [0.2, 0.25) is 0 Å². The number of allylic oxidation sites excluding steroid dienone is 2. The van der Waals surface area contributed by atoms with Gasteiger partial charge in [0, 0.05) is 17.1 Å². The van der Waals surface area contributed by atoms with Gasteiger partial charge in [-0.2, -0.15) is 0 Å². The van der Waals surface area contributed by atoms with E-state index in [1.165, 1.54) is 25.5 Å². The summed E-state index contributed by atoms with van der Waals surface area (Å²) >= 11 is 1.80. The van der Waals surface area contributed by atoms with Gasteiger partial charge in [0.15, 0.2) is 0 Å². The molecular formula is C20H27NO5S. The first-order valence-corrected chi connectivity index (χ1v) is 10.2. The largest absolute Gasteiger partial charge is 0.465 e. The summed E-state index contributed by atoms with van der Waals surface area (Å²) in [7, 11) is 2.60. The predicted molar refractivity (Wildman–Crippen MR) is 105 cm³/mol. The van der Waals surface area contributed by atoms with E-state index in [4.69, 9.17) is 13.9 Å². The van der Waals surface area contributed by atoms with Gasteiger partial charge in [-0.1, -0.05) is 19.3 Å². The van der Waals surface area contributed by atoms with Crippen LogP contribution in [0.25, 0.3) is 0 Å². The number of carbonyl (C=O) groups is 2. The Labute approximate surface area is 164 Å². The van der Waals surface area contributed by atoms with Crippen LogP contribution in [0.1, 0.15) is 79.5 Å². The number of rotatable bonds is 3. The molecule has 0 atom stereocenters. The van der Waals surface area contributed by atoms with Gasteiger partial charge < -0.3 is 18.8 Å². The van der Waals surface area contributed by atoms with Crippen LogP contribution in [0.3, 0.4) is 0 Å². The molecule has 148 valence electrons. The summed E-state index contributed by atoms with van der Waals surface area (Å²) in [6.07, 6.45) is 5.26. The second-order valence-corrected chi connectivity index (χ2v) is 8.61. The Morgan fingerprint density at radius 1 is 1.11 bits per heavy atom. The summed E-state index contributed by atoms with van der Waals surface area (Å²) in [6.45, 7) is 6.83. The normalized spacial score (nSPS) is 18.9. The Bertz CT molecular complexity index is 789. The molecule has 1 aliphatic heterocycles. The number of methoxy groups -OCH3 is 2. The number of thioether (sulfide) groups is 1. The van der Waals surface area contributed by atoms with E-state index in [1.807, 2.05) is 13.8 Å². The maximum Gasteiger partial charge on any atom is 0.374 e. The molecule has 1 fully saturated rings. The Balaban J connectivity index is 2.36. The van der Waals surface area contributed by atoms with E-state index in [-0.39, 0.29) is 16.1 Å². The summed E-state index contributed by atoms with van der Waals surface area (Å²) < 4.78 is 15.8. The number of anilines is 1. The number of carbonyl (C=O) groups excluding carboxylic acids is 2. The van der Waals surface area contributed by atoms with Gasteiger partial charge in [-0.05, 0) is 33.6 Å². The molecule has 2 heterocycles. The van der Waals surface area contributed by atoms with Crippen molar-refractivity contribution >= 4 is 29.4 Å². The van der Waals surface area contributed by atoms with Crippen LogP contribution in [0.5, 0.6) is 0 Å². The minimum Gasteiger partial charge on any atom is -0.465 e. The highest BCUT2D eigenvalue weighted by atomic mass is 32.2. The monoisotopic (exact) mass is 393 g/mol. The van der Waals surface area contributed by atoms with E-state index < -0.39 is 11.9 Å². The first kappa shape index (κ1) is 19.9. The van der Waals surface area contributed by atoms with Crippen LogP contribution in [-0.4, -0.2) is 32.7 Å². The zero-order valence-corrected chi connectivity index (χ0v) is 17.5. The number of fused-ring (bicyclic) bond motifs is 2. The lowest BCUT2D eigenvalue weighted by atomic mass is 9.85. The molecule has 0 aromatic carbocycles. The molecule has 1 spiro atoms. The maximum absolute atomic E-state index is 12.7. The standard InChI is InChI=1S/C20H27NO5S/c1-6-21-12(2)13(3)27-20(10-8-7-9-11-20)17-15(21)14(18(22)24-4)16(26-17)19(23)25-5/h6-11H2,1-5H3. The van der Waals surface area contributed by atoms with Gasteiger partial charge in [0.05, 0.1) is 19.0 Å². The molecule has 27 heavy (non-hydrogen) atoms. The zero-order valence-electron chi connectivity index (χ0n) is 16.6. The summed E-state index contributed by atoms with van der Waals surface area (Å²) in [5.41, 5.74) is 1.89. The Morgan fingerprint density at radius 2 is 1.74 bits per heavy atom. The van der Waals surface area contributed by atoms with Crippen molar-refractivity contribution in [3.8, 4) is 0 Å². The van der Waals surface area contributed by atoms with Crippen molar-refractivity contribution < 1.29 is 23.5 Å². The van der Waals surface area contributed by atoms with E-state index in [0.29, 0.717) is 18.0 Å². The molecule has 1 aromatic rings. The number of furan rings is 1. The fraction of sp³-hybridized carbons (Fsp3) is 0.600. The fourth-order valence-electron chi connectivity index (χ4n) is 4.13. The summed E-state index contributed by atoms with van der Waals surface area (Å²) in [4.78, 5) is 28.4. The zero-order chi connectivity index (χ0) is 19.8. The third-order valence-electron chi connectivity index (χ3n) is 5.57. The minimum absolute atomic E-state index is 0.0642. The van der Waals surface area contributed by atoms with E-state index in [1.54, 1.807) is 11.8 Å². The van der Waals surface area contributed by atoms with Crippen molar-refractivity contribution in [2.75, 3.05) is 25.7 Å². The van der Waals surface area contributed by atoms with Gasteiger partial charge >= 0.3 is 11.9 Å². The molecule has 6 nitrogen and oxygen atoms in total. The van der Waals surface area contributed by atoms with Gasteiger partial charge in [-0.3, -0.25) is 0 Å². The van der Waals surface area contributed by atoms with Crippen LogP contribution in [0.4, 0.5) is 5.69 Å². The second kappa shape index (κ2) is 7.62. The van der Waals surface area contributed by atoms with E-state index in [2.05, 4.69) is 11.8 Å². The van der Waals surface area contributed by atoms with Crippen molar-refractivity contribution in [3.05, 3.63) is 27.7 Å². The Morgan fingerprint density at radius 3 is 2.30 bits per heavy atom. The maximum atomic E-state index is 12.7. The molecule has 1 aliphatic carbocycles. The number of ether oxygens (including phenoxy) is 2. The number of esters is 2. The van der Waals surface area contributed by atoms with Crippen molar-refractivity contribution in [2.45, 2.75) is 57.6 Å². The average molecular weight is 394 g/mol. The predicted octanol–water partition coefficient (Wildman–Crippen LogP) is 4.84. The molecular weight excluding hydrogens is 366 g/mol. The summed E-state index contributed by atoms with van der Waals surface area (Å²) in [5, 5.41) is 0. The SMILES string of the molecule is CCN1C(C)=C(C)SC2(CCCCC2)c2oc(C(=O)OC)c(C(=O)OC)c21. The fourth-order valence-corrected chi connectivity index (χ4v) is 5.70. The Hall–Kier alpha value is -1.89. The molecule has 2 aliphatic rings. The molecule has 1 aromatic heterocycles. The van der Waals surface area contributed by atoms with Gasteiger partial charge in [0.25, 0.3) is 0 Å². The van der Waals surface area contributed by atoms with Gasteiger partial charge in [-0.25, -0.2) is 9.59 Å². The number of hydrogen-bond acceptors (Lipinski definition) is 7. The van der Waals surface area contributed by atoms with E-state index in [0.717, 1.165) is 31.4 Å². The molecule has 7 heteroatoms. The molecule has 0 amide bonds. The lowest BCUT2D eigenvalue weighted by molar-refractivity contribution is 0.0526. The lowest BCUT2D eigenvalue weighted by Gasteiger charge is -2.35. The summed E-state index contributed by atoms with van der Waals surface area (Å²) in [6, 6.07) is 0. The second-order valence-electron chi connectivity index (χ2n) is 7.01. The topological polar surface area (TPSA) is 69.0 Å². The van der Waals surface area contributed by atoms with Crippen LogP contribution in [0.15, 0.2) is 15.0 Å². The molecule has 3 rings (SSSR count). The van der Waals surface area contributed by atoms with Crippen LogP contribution < -0.4 is 4.90 Å². The molecule has 0 bridgehead atoms. The van der Waals surface area contributed by atoms with Gasteiger partial charge in [0.2, 0.25) is 5.76 Å². The molecule has 1 saturated carbocycles. The smallest absolute Gasteiger partial charge is 0.374 e. The molecule has 0 N–H and O–H groups in total. The molecule has 0 saturated heterocycles. The number of hydrogen-bond donors (Lipinski definition) is 0. The first-order chi connectivity index (χ1) is 12.9. The first-order valence-electron chi connectivity index (χ1n) is 9.38. The molecule has 0 unspecified atom stereocenters. The lowest BCUT2D eigenvalue weighted by Crippen LogP contribution is -2.27. The number of nitrogens with zero attached hydrogens (tertiary/aromatic N) is 1. The van der Waals surface area contributed by atoms with Crippen molar-refractivity contribution in [1.82, 2.24) is 0 Å². The van der Waals surface area contributed by atoms with Crippen molar-refractivity contribution in [3.63, 3.8) is 0 Å². The highest BCUT2D eigenvalue weighted by Crippen LogP contribution is 2.58. The van der Waals surface area contributed by atoms with Crippen LogP contribution >= 0.6 is 11.8 Å². The third-order valence-corrected chi connectivity index (χ3v) is 7.15. The quantitative estimate of drug-likeness (QED) is 0.681. The van der Waals surface area contributed by atoms with Crippen LogP contribution in [-0.2, 0) is 14.2 Å². The third kappa shape index (κ3) is 3.16. The Kier molecular flexibility index (Phi) is 5.60. The highest BCUT2D eigenvalue weighted by molar-refractivity contribution is 8.04. The van der Waals surface area contributed by atoms with E-state index in [9.17, 15) is 9.59 Å². The minimum atomic E-state index is -0.658. The van der Waals surface area contributed by atoms with Gasteiger partial charge in [0.1, 0.15) is 17.0 Å². The van der Waals surface area contributed by atoms with Crippen LogP contribution in [0, 0.1) is 0 Å². The van der Waals surface area contributed by atoms with Crippen molar-refractivity contribution in [2.24, 2.45) is 0 Å². The summed E-state index contributed by atoms with van der Waals surface area (Å²) in [5.74, 6) is -0.604. The van der Waals surface area contributed by atoms with E-state index >= 15 is 0 Å². The van der Waals surface area contributed by atoms with Crippen molar-refractivity contribution in [1.29, 1.82) is 0 Å². The average Bonchev–Trinajstić information content (AvgIpc) is 3.05. The molecule has 0 radical (unpaired) electrons. The highest BCUT2D eigenvalue weighted by Gasteiger charge is 2.47. The van der Waals surface area contributed by atoms with Gasteiger partial charge in [-0.15, -0.1) is 11.8 Å².